The van der Waals surface area contributed by atoms with Gasteiger partial charge in [-0.3, -0.25) is 0 Å². The molecule has 3 atom stereocenters. The van der Waals surface area contributed by atoms with Gasteiger partial charge in [-0.1, -0.05) is 18.5 Å². The molecule has 4 heteroatoms. The number of halogens is 2. The molecule has 1 N–H and O–H groups in total. The van der Waals surface area contributed by atoms with Crippen molar-refractivity contribution in [3.05, 3.63) is 26.8 Å². The summed E-state index contributed by atoms with van der Waals surface area (Å²) < 4.78 is 1.19. The van der Waals surface area contributed by atoms with Crippen LogP contribution in [0.2, 0.25) is 5.02 Å². The lowest BCUT2D eigenvalue weighted by Gasteiger charge is -2.40. The van der Waals surface area contributed by atoms with Crippen LogP contribution < -0.4 is 5.32 Å². The van der Waals surface area contributed by atoms with E-state index in [-0.39, 0.29) is 0 Å². The number of benzene rings is 1. The van der Waals surface area contributed by atoms with Crippen molar-refractivity contribution < 1.29 is 0 Å². The van der Waals surface area contributed by atoms with E-state index in [1.54, 1.807) is 0 Å². The highest BCUT2D eigenvalue weighted by Crippen LogP contribution is 2.28. The summed E-state index contributed by atoms with van der Waals surface area (Å²) in [5.41, 5.74) is 1.20. The van der Waals surface area contributed by atoms with E-state index < -0.39 is 0 Å². The van der Waals surface area contributed by atoms with E-state index in [9.17, 15) is 0 Å². The molecule has 0 spiro atoms. The summed E-state index contributed by atoms with van der Waals surface area (Å²) in [6, 6.07) is 7.23. The SMILES string of the molecule is CC1CN(C)C(C)CC1Nc1ccc(Cl)cc1I. The first-order chi connectivity index (χ1) is 8.47. The smallest absolute Gasteiger partial charge is 0.0479 e. The van der Waals surface area contributed by atoms with Gasteiger partial charge in [-0.15, -0.1) is 0 Å². The quantitative estimate of drug-likeness (QED) is 0.780. The average molecular weight is 379 g/mol. The summed E-state index contributed by atoms with van der Waals surface area (Å²) >= 11 is 8.33. The van der Waals surface area contributed by atoms with E-state index in [1.165, 1.54) is 15.7 Å². The Hall–Kier alpha value is -0.000000000000000111. The molecular formula is C14H20ClIN2. The molecule has 1 aliphatic heterocycles. The van der Waals surface area contributed by atoms with Gasteiger partial charge in [0.1, 0.15) is 0 Å². The molecule has 1 heterocycles. The zero-order valence-electron chi connectivity index (χ0n) is 11.1. The number of hydrogen-bond donors (Lipinski definition) is 1. The van der Waals surface area contributed by atoms with E-state index in [0.717, 1.165) is 11.6 Å². The molecule has 2 nitrogen and oxygen atoms in total. The molecule has 100 valence electrons. The van der Waals surface area contributed by atoms with Gasteiger partial charge in [-0.05, 0) is 67.1 Å². The fourth-order valence-corrected chi connectivity index (χ4v) is 3.58. The summed E-state index contributed by atoms with van der Waals surface area (Å²) in [4.78, 5) is 2.44. The largest absolute Gasteiger partial charge is 0.381 e. The number of piperidine rings is 1. The van der Waals surface area contributed by atoms with Crippen LogP contribution in [0.4, 0.5) is 5.69 Å². The maximum absolute atomic E-state index is 5.99. The third kappa shape index (κ3) is 3.31. The third-order valence-electron chi connectivity index (χ3n) is 3.88. The van der Waals surface area contributed by atoms with Crippen LogP contribution in [-0.2, 0) is 0 Å². The molecule has 0 amide bonds. The van der Waals surface area contributed by atoms with Crippen molar-refractivity contribution in [2.45, 2.75) is 32.4 Å². The Morgan fingerprint density at radius 1 is 1.39 bits per heavy atom. The van der Waals surface area contributed by atoms with Gasteiger partial charge in [0, 0.05) is 32.9 Å². The molecule has 1 saturated heterocycles. The van der Waals surface area contributed by atoms with E-state index in [0.29, 0.717) is 18.0 Å². The molecule has 1 aliphatic rings. The first-order valence-corrected chi connectivity index (χ1v) is 7.85. The first kappa shape index (κ1) is 14.4. The molecule has 2 rings (SSSR count). The zero-order chi connectivity index (χ0) is 13.3. The second-order valence-electron chi connectivity index (χ2n) is 5.38. The van der Waals surface area contributed by atoms with Crippen LogP contribution in [-0.4, -0.2) is 30.6 Å². The molecule has 18 heavy (non-hydrogen) atoms. The second-order valence-corrected chi connectivity index (χ2v) is 6.98. The van der Waals surface area contributed by atoms with E-state index in [4.69, 9.17) is 11.6 Å². The summed E-state index contributed by atoms with van der Waals surface area (Å²) in [7, 11) is 2.21. The summed E-state index contributed by atoms with van der Waals surface area (Å²) in [6.07, 6.45) is 1.19. The van der Waals surface area contributed by atoms with E-state index in [2.05, 4.69) is 59.8 Å². The standard InChI is InChI=1S/C14H20ClIN2/c1-9-8-18(3)10(2)6-14(9)17-13-5-4-11(15)7-12(13)16/h4-5,7,9-10,14,17H,6,8H2,1-3H3. The molecule has 1 fully saturated rings. The number of nitrogens with one attached hydrogen (secondary N) is 1. The minimum atomic E-state index is 0.547. The zero-order valence-corrected chi connectivity index (χ0v) is 14.0. The van der Waals surface area contributed by atoms with Crippen LogP contribution in [0.5, 0.6) is 0 Å². The summed E-state index contributed by atoms with van der Waals surface area (Å²) in [5, 5.41) is 4.48. The lowest BCUT2D eigenvalue weighted by molar-refractivity contribution is 0.145. The fraction of sp³-hybridized carbons (Fsp3) is 0.571. The van der Waals surface area contributed by atoms with Gasteiger partial charge in [0.2, 0.25) is 0 Å². The topological polar surface area (TPSA) is 15.3 Å². The van der Waals surface area contributed by atoms with Gasteiger partial charge in [0.15, 0.2) is 0 Å². The highest BCUT2D eigenvalue weighted by atomic mass is 127. The van der Waals surface area contributed by atoms with Crippen molar-refractivity contribution in [1.82, 2.24) is 4.90 Å². The number of anilines is 1. The molecule has 0 aliphatic carbocycles. The summed E-state index contributed by atoms with van der Waals surface area (Å²) in [6.45, 7) is 5.78. The summed E-state index contributed by atoms with van der Waals surface area (Å²) in [5.74, 6) is 0.665. The molecule has 0 aromatic heterocycles. The maximum atomic E-state index is 5.99. The molecule has 1 aromatic carbocycles. The predicted molar refractivity (Wildman–Crippen MR) is 87.5 cm³/mol. The van der Waals surface area contributed by atoms with Crippen molar-refractivity contribution in [2.75, 3.05) is 18.9 Å². The van der Waals surface area contributed by atoms with Crippen molar-refractivity contribution in [3.8, 4) is 0 Å². The Bertz CT molecular complexity index is 424. The number of hydrogen-bond acceptors (Lipinski definition) is 2. The van der Waals surface area contributed by atoms with Gasteiger partial charge in [0.25, 0.3) is 0 Å². The van der Waals surface area contributed by atoms with Crippen molar-refractivity contribution in [2.24, 2.45) is 5.92 Å². The molecule has 0 saturated carbocycles. The van der Waals surface area contributed by atoms with Crippen LogP contribution in [0, 0.1) is 9.49 Å². The van der Waals surface area contributed by atoms with Gasteiger partial charge in [-0.2, -0.15) is 0 Å². The molecule has 0 bridgehead atoms. The number of rotatable bonds is 2. The lowest BCUT2D eigenvalue weighted by atomic mass is 9.89. The Balaban J connectivity index is 2.08. The van der Waals surface area contributed by atoms with Crippen LogP contribution in [0.15, 0.2) is 18.2 Å². The van der Waals surface area contributed by atoms with Gasteiger partial charge in [0.05, 0.1) is 0 Å². The van der Waals surface area contributed by atoms with Crippen molar-refractivity contribution in [1.29, 1.82) is 0 Å². The predicted octanol–water partition coefficient (Wildman–Crippen LogP) is 4.09. The number of likely N-dealkylation sites (tertiary alicyclic amines) is 1. The van der Waals surface area contributed by atoms with Gasteiger partial charge >= 0.3 is 0 Å². The Morgan fingerprint density at radius 3 is 2.78 bits per heavy atom. The lowest BCUT2D eigenvalue weighted by Crippen LogP contribution is -2.48. The van der Waals surface area contributed by atoms with Crippen LogP contribution in [0.3, 0.4) is 0 Å². The third-order valence-corrected chi connectivity index (χ3v) is 5.01. The highest BCUT2D eigenvalue weighted by molar-refractivity contribution is 14.1. The monoisotopic (exact) mass is 378 g/mol. The fourth-order valence-electron chi connectivity index (χ4n) is 2.55. The number of nitrogens with zero attached hydrogens (tertiary/aromatic N) is 1. The Labute approximate surface area is 128 Å². The van der Waals surface area contributed by atoms with Crippen molar-refractivity contribution >= 4 is 39.9 Å². The van der Waals surface area contributed by atoms with Crippen LogP contribution in [0.25, 0.3) is 0 Å². The second kappa shape index (κ2) is 5.97. The Kier molecular flexibility index (Phi) is 4.78. The highest BCUT2D eigenvalue weighted by Gasteiger charge is 2.28. The van der Waals surface area contributed by atoms with Gasteiger partial charge in [-0.25, -0.2) is 0 Å². The molecular weight excluding hydrogens is 359 g/mol. The van der Waals surface area contributed by atoms with Gasteiger partial charge < -0.3 is 10.2 Å². The molecule has 0 radical (unpaired) electrons. The van der Waals surface area contributed by atoms with Crippen molar-refractivity contribution in [3.63, 3.8) is 0 Å². The Morgan fingerprint density at radius 2 is 2.11 bits per heavy atom. The van der Waals surface area contributed by atoms with Crippen LogP contribution >= 0.6 is 34.2 Å². The molecule has 1 aromatic rings. The van der Waals surface area contributed by atoms with E-state index >= 15 is 0 Å². The minimum Gasteiger partial charge on any atom is -0.381 e. The average Bonchev–Trinajstić information content (AvgIpc) is 2.29. The first-order valence-electron chi connectivity index (χ1n) is 6.39. The normalized spacial score (nSPS) is 29.3. The molecule has 3 unspecified atom stereocenters. The van der Waals surface area contributed by atoms with E-state index in [1.807, 2.05) is 12.1 Å². The van der Waals surface area contributed by atoms with Crippen LogP contribution in [0.1, 0.15) is 20.3 Å². The maximum Gasteiger partial charge on any atom is 0.0479 e. The minimum absolute atomic E-state index is 0.547.